The molecule has 16 heavy (non-hydrogen) atoms. The van der Waals surface area contributed by atoms with Crippen molar-refractivity contribution in [1.82, 2.24) is 0 Å². The van der Waals surface area contributed by atoms with Gasteiger partial charge in [0.05, 0.1) is 12.3 Å². The van der Waals surface area contributed by atoms with Gasteiger partial charge in [0, 0.05) is 6.42 Å². The first-order valence-electron chi connectivity index (χ1n) is 5.39. The van der Waals surface area contributed by atoms with E-state index in [1.807, 2.05) is 6.92 Å². The Morgan fingerprint density at radius 1 is 1.38 bits per heavy atom. The zero-order chi connectivity index (χ0) is 12.8. The van der Waals surface area contributed by atoms with Crippen LogP contribution in [0.4, 0.5) is 0 Å². The molecule has 0 bridgehead atoms. The minimum absolute atomic E-state index is 0.0435. The van der Waals surface area contributed by atoms with Crippen LogP contribution < -0.4 is 0 Å². The number of rotatable bonds is 7. The van der Waals surface area contributed by atoms with Gasteiger partial charge in [-0.2, -0.15) is 0 Å². The molecular weight excluding hydrogens is 231 g/mol. The maximum atomic E-state index is 11.4. The van der Waals surface area contributed by atoms with Gasteiger partial charge >= 0.3 is 13.6 Å². The van der Waals surface area contributed by atoms with Gasteiger partial charge in [0.15, 0.2) is 0 Å². The minimum Gasteiger partial charge on any atom is -0.469 e. The lowest BCUT2D eigenvalue weighted by atomic mass is 9.98. The van der Waals surface area contributed by atoms with Crippen molar-refractivity contribution in [2.24, 2.45) is 0 Å². The molecule has 0 aromatic carbocycles. The number of unbranched alkanes of at least 4 members (excludes halogenated alkanes) is 1. The van der Waals surface area contributed by atoms with Gasteiger partial charge < -0.3 is 14.5 Å². The van der Waals surface area contributed by atoms with Crippen molar-refractivity contribution in [2.45, 2.75) is 51.1 Å². The van der Waals surface area contributed by atoms with Crippen LogP contribution in [0.5, 0.6) is 0 Å². The highest BCUT2D eigenvalue weighted by atomic mass is 31.2. The molecule has 0 aromatic rings. The standard InChI is InChI=1S/C10H21O5P/c1-4-5-7-10(2,16(12,13)14)8-6-9(11)15-3/h4-8H2,1-3H3,(H2,12,13,14). The summed E-state index contributed by atoms with van der Waals surface area (Å²) in [5, 5.41) is -1.11. The summed E-state index contributed by atoms with van der Waals surface area (Å²) in [7, 11) is -2.92. The Hall–Kier alpha value is -0.380. The average molecular weight is 252 g/mol. The van der Waals surface area contributed by atoms with E-state index in [2.05, 4.69) is 4.74 Å². The van der Waals surface area contributed by atoms with E-state index in [9.17, 15) is 19.1 Å². The highest BCUT2D eigenvalue weighted by Gasteiger charge is 2.41. The van der Waals surface area contributed by atoms with Gasteiger partial charge in [-0.25, -0.2) is 0 Å². The van der Waals surface area contributed by atoms with Crippen LogP contribution in [0.2, 0.25) is 0 Å². The van der Waals surface area contributed by atoms with Crippen molar-refractivity contribution in [1.29, 1.82) is 0 Å². The Balaban J connectivity index is 4.55. The molecule has 0 aliphatic rings. The Kier molecular flexibility index (Phi) is 6.23. The van der Waals surface area contributed by atoms with Crippen molar-refractivity contribution in [3.63, 3.8) is 0 Å². The molecule has 1 atom stereocenters. The molecule has 0 aliphatic carbocycles. The third-order valence-corrected chi connectivity index (χ3v) is 4.72. The van der Waals surface area contributed by atoms with Crippen LogP contribution in [0, 0.1) is 0 Å². The van der Waals surface area contributed by atoms with E-state index in [0.29, 0.717) is 6.42 Å². The molecule has 0 heterocycles. The predicted molar refractivity (Wildman–Crippen MR) is 61.2 cm³/mol. The molecule has 2 N–H and O–H groups in total. The number of hydrogen-bond donors (Lipinski definition) is 2. The fourth-order valence-corrected chi connectivity index (χ4v) is 2.30. The van der Waals surface area contributed by atoms with Crippen molar-refractivity contribution in [2.75, 3.05) is 7.11 Å². The van der Waals surface area contributed by atoms with E-state index >= 15 is 0 Å². The third-order valence-electron chi connectivity index (χ3n) is 2.87. The van der Waals surface area contributed by atoms with Gasteiger partial charge in [0.2, 0.25) is 0 Å². The van der Waals surface area contributed by atoms with E-state index < -0.39 is 18.7 Å². The molecule has 0 aliphatic heterocycles. The summed E-state index contributed by atoms with van der Waals surface area (Å²) in [5.74, 6) is -0.434. The van der Waals surface area contributed by atoms with Crippen LogP contribution in [0.3, 0.4) is 0 Å². The van der Waals surface area contributed by atoms with Crippen molar-refractivity contribution in [3.05, 3.63) is 0 Å². The monoisotopic (exact) mass is 252 g/mol. The number of carbonyl (C=O) groups excluding carboxylic acids is 1. The van der Waals surface area contributed by atoms with Gasteiger partial charge in [-0.3, -0.25) is 9.36 Å². The van der Waals surface area contributed by atoms with Crippen LogP contribution in [-0.2, 0) is 14.1 Å². The maximum Gasteiger partial charge on any atom is 0.331 e. The molecule has 0 aromatic heterocycles. The first-order valence-corrected chi connectivity index (χ1v) is 7.00. The van der Waals surface area contributed by atoms with Crippen LogP contribution >= 0.6 is 7.60 Å². The average Bonchev–Trinajstić information content (AvgIpc) is 2.21. The van der Waals surface area contributed by atoms with Crippen molar-refractivity contribution < 1.29 is 23.9 Å². The first-order chi connectivity index (χ1) is 7.27. The lowest BCUT2D eigenvalue weighted by molar-refractivity contribution is -0.140. The molecule has 0 saturated carbocycles. The van der Waals surface area contributed by atoms with Gasteiger partial charge in [-0.1, -0.05) is 19.8 Å². The van der Waals surface area contributed by atoms with Gasteiger partial charge in [-0.05, 0) is 19.8 Å². The summed E-state index contributed by atoms with van der Waals surface area (Å²) >= 11 is 0. The molecule has 5 nitrogen and oxygen atoms in total. The van der Waals surface area contributed by atoms with Crippen LogP contribution in [-0.4, -0.2) is 28.0 Å². The smallest absolute Gasteiger partial charge is 0.331 e. The van der Waals surface area contributed by atoms with Crippen molar-refractivity contribution >= 4 is 13.6 Å². The highest BCUT2D eigenvalue weighted by Crippen LogP contribution is 2.55. The third kappa shape index (κ3) is 4.64. The van der Waals surface area contributed by atoms with E-state index in [-0.39, 0.29) is 12.8 Å². The molecule has 96 valence electrons. The summed E-state index contributed by atoms with van der Waals surface area (Å²) in [5.41, 5.74) is 0. The lowest BCUT2D eigenvalue weighted by Crippen LogP contribution is -2.26. The van der Waals surface area contributed by atoms with Crippen molar-refractivity contribution in [3.8, 4) is 0 Å². The molecule has 0 rings (SSSR count). The quantitative estimate of drug-likeness (QED) is 0.535. The predicted octanol–water partition coefficient (Wildman–Crippen LogP) is 2.07. The fraction of sp³-hybridized carbons (Fsp3) is 0.900. The van der Waals surface area contributed by atoms with Gasteiger partial charge in [0.25, 0.3) is 0 Å². The Bertz CT molecular complexity index is 272. The largest absolute Gasteiger partial charge is 0.469 e. The van der Waals surface area contributed by atoms with E-state index in [4.69, 9.17) is 0 Å². The summed E-state index contributed by atoms with van der Waals surface area (Å²) in [6.45, 7) is 3.49. The second-order valence-electron chi connectivity index (χ2n) is 4.22. The summed E-state index contributed by atoms with van der Waals surface area (Å²) < 4.78 is 15.9. The lowest BCUT2D eigenvalue weighted by Gasteiger charge is -2.29. The second kappa shape index (κ2) is 6.38. The Morgan fingerprint density at radius 2 is 1.94 bits per heavy atom. The zero-order valence-corrected chi connectivity index (χ0v) is 11.0. The highest BCUT2D eigenvalue weighted by molar-refractivity contribution is 7.53. The van der Waals surface area contributed by atoms with E-state index in [0.717, 1.165) is 12.8 Å². The minimum atomic E-state index is -4.19. The van der Waals surface area contributed by atoms with E-state index in [1.165, 1.54) is 14.0 Å². The Labute approximate surface area is 96.4 Å². The number of hydrogen-bond acceptors (Lipinski definition) is 3. The molecule has 1 unspecified atom stereocenters. The zero-order valence-electron chi connectivity index (χ0n) is 10.1. The normalized spacial score (nSPS) is 15.6. The van der Waals surface area contributed by atoms with Gasteiger partial charge in [-0.15, -0.1) is 0 Å². The van der Waals surface area contributed by atoms with Crippen LogP contribution in [0.25, 0.3) is 0 Å². The number of ether oxygens (including phenoxy) is 1. The number of carbonyl (C=O) groups is 1. The van der Waals surface area contributed by atoms with Crippen LogP contribution in [0.15, 0.2) is 0 Å². The fourth-order valence-electron chi connectivity index (χ4n) is 1.45. The molecule has 0 saturated heterocycles. The molecule has 0 amide bonds. The SMILES string of the molecule is CCCCC(C)(CCC(=O)OC)P(=O)(O)O. The Morgan fingerprint density at radius 3 is 2.31 bits per heavy atom. The topological polar surface area (TPSA) is 83.8 Å². The number of methoxy groups -OCH3 is 1. The van der Waals surface area contributed by atoms with Gasteiger partial charge in [0.1, 0.15) is 0 Å². The van der Waals surface area contributed by atoms with E-state index in [1.54, 1.807) is 0 Å². The summed E-state index contributed by atoms with van der Waals surface area (Å²) in [6.07, 6.45) is 2.23. The summed E-state index contributed by atoms with van der Waals surface area (Å²) in [4.78, 5) is 29.6. The second-order valence-corrected chi connectivity index (χ2v) is 6.39. The molecule has 6 heteroatoms. The molecular formula is C10H21O5P. The number of esters is 1. The molecule has 0 radical (unpaired) electrons. The molecule has 0 fully saturated rings. The maximum absolute atomic E-state index is 11.4. The van der Waals surface area contributed by atoms with Crippen LogP contribution in [0.1, 0.15) is 46.0 Å². The first kappa shape index (κ1) is 15.6. The molecule has 0 spiro atoms. The summed E-state index contributed by atoms with van der Waals surface area (Å²) in [6, 6.07) is 0.